The summed E-state index contributed by atoms with van der Waals surface area (Å²) in [7, 11) is 0. The average molecular weight is 261 g/mol. The van der Waals surface area contributed by atoms with Crippen LogP contribution in [0.25, 0.3) is 0 Å². The molecule has 100 valence electrons. The Hall–Kier alpha value is -2.07. The molecule has 0 spiro atoms. The minimum Gasteiger partial charge on any atom is -0.504 e. The lowest BCUT2D eigenvalue weighted by molar-refractivity contribution is 0.398. The number of aromatic hydroxyl groups is 2. The van der Waals surface area contributed by atoms with Gasteiger partial charge >= 0.3 is 0 Å². The van der Waals surface area contributed by atoms with Gasteiger partial charge in [0.15, 0.2) is 11.5 Å². The Labute approximate surface area is 111 Å². The van der Waals surface area contributed by atoms with Crippen LogP contribution in [0.1, 0.15) is 11.1 Å². The molecule has 0 radical (unpaired) electrons. The molecule has 4 heteroatoms. The number of halogens is 1. The van der Waals surface area contributed by atoms with Crippen LogP contribution in [0.15, 0.2) is 42.5 Å². The quantitative estimate of drug-likeness (QED) is 0.572. The summed E-state index contributed by atoms with van der Waals surface area (Å²) in [5.41, 5.74) is 1.70. The van der Waals surface area contributed by atoms with Crippen LogP contribution in [-0.2, 0) is 13.0 Å². The first-order valence-corrected chi connectivity index (χ1v) is 6.12. The number of phenols is 2. The molecule has 2 aromatic carbocycles. The minimum absolute atomic E-state index is 0.0863. The fraction of sp³-hybridized carbons (Fsp3) is 0.200. The van der Waals surface area contributed by atoms with Crippen LogP contribution >= 0.6 is 0 Å². The molecule has 0 heterocycles. The van der Waals surface area contributed by atoms with Crippen molar-refractivity contribution in [2.75, 3.05) is 6.54 Å². The predicted octanol–water partition coefficient (Wildman–Crippen LogP) is 2.57. The zero-order valence-corrected chi connectivity index (χ0v) is 10.4. The van der Waals surface area contributed by atoms with Gasteiger partial charge in [-0.15, -0.1) is 0 Å². The lowest BCUT2D eigenvalue weighted by Gasteiger charge is -2.08. The van der Waals surface area contributed by atoms with Crippen LogP contribution < -0.4 is 5.32 Å². The number of para-hydroxylation sites is 1. The van der Waals surface area contributed by atoms with E-state index in [0.29, 0.717) is 18.7 Å². The smallest absolute Gasteiger partial charge is 0.161 e. The van der Waals surface area contributed by atoms with E-state index in [1.807, 2.05) is 0 Å². The van der Waals surface area contributed by atoms with Crippen molar-refractivity contribution in [3.63, 3.8) is 0 Å². The minimum atomic E-state index is -0.235. The van der Waals surface area contributed by atoms with E-state index in [4.69, 9.17) is 0 Å². The number of phenolic OH excluding ortho intramolecular Hbond substituents is 2. The molecule has 2 rings (SSSR count). The largest absolute Gasteiger partial charge is 0.504 e. The zero-order chi connectivity index (χ0) is 13.7. The SMILES string of the molecule is Oc1cccc(CNCCc2ccc(F)cc2)c1O. The molecule has 0 atom stereocenters. The second kappa shape index (κ2) is 6.20. The molecule has 0 fully saturated rings. The standard InChI is InChI=1S/C15H16FNO2/c16-13-6-4-11(5-7-13)8-9-17-10-12-2-1-3-14(18)15(12)19/h1-7,17-19H,8-10H2. The second-order valence-corrected chi connectivity index (χ2v) is 4.34. The van der Waals surface area contributed by atoms with Gasteiger partial charge in [0, 0.05) is 12.1 Å². The van der Waals surface area contributed by atoms with Gasteiger partial charge in [-0.05, 0) is 36.7 Å². The van der Waals surface area contributed by atoms with Gasteiger partial charge < -0.3 is 15.5 Å². The van der Waals surface area contributed by atoms with Crippen LogP contribution in [0.3, 0.4) is 0 Å². The normalized spacial score (nSPS) is 10.6. The molecule has 3 nitrogen and oxygen atoms in total. The molecule has 0 aliphatic carbocycles. The summed E-state index contributed by atoms with van der Waals surface area (Å²) in [5, 5.41) is 22.1. The number of benzene rings is 2. The maximum Gasteiger partial charge on any atom is 0.161 e. The molecule has 0 amide bonds. The average Bonchev–Trinajstić information content (AvgIpc) is 2.41. The summed E-state index contributed by atoms with van der Waals surface area (Å²) < 4.78 is 12.7. The van der Waals surface area contributed by atoms with Crippen molar-refractivity contribution < 1.29 is 14.6 Å². The van der Waals surface area contributed by atoms with E-state index in [-0.39, 0.29) is 17.3 Å². The fourth-order valence-electron chi connectivity index (χ4n) is 1.83. The lowest BCUT2D eigenvalue weighted by atomic mass is 10.1. The van der Waals surface area contributed by atoms with Crippen LogP contribution in [0.4, 0.5) is 4.39 Å². The molecular weight excluding hydrogens is 245 g/mol. The zero-order valence-electron chi connectivity index (χ0n) is 10.4. The predicted molar refractivity (Wildman–Crippen MR) is 71.6 cm³/mol. The van der Waals surface area contributed by atoms with Crippen molar-refractivity contribution in [3.05, 3.63) is 59.4 Å². The summed E-state index contributed by atoms with van der Waals surface area (Å²) in [6, 6.07) is 11.3. The molecule has 0 unspecified atom stereocenters. The van der Waals surface area contributed by atoms with Gasteiger partial charge in [-0.3, -0.25) is 0 Å². The van der Waals surface area contributed by atoms with Crippen molar-refractivity contribution in [2.45, 2.75) is 13.0 Å². The molecule has 0 aromatic heterocycles. The van der Waals surface area contributed by atoms with Crippen LogP contribution in [0, 0.1) is 5.82 Å². The Bertz CT molecular complexity index is 540. The Morgan fingerprint density at radius 3 is 2.47 bits per heavy atom. The molecule has 19 heavy (non-hydrogen) atoms. The van der Waals surface area contributed by atoms with E-state index in [2.05, 4.69) is 5.32 Å². The summed E-state index contributed by atoms with van der Waals surface area (Å²) in [5.74, 6) is -0.434. The summed E-state index contributed by atoms with van der Waals surface area (Å²) >= 11 is 0. The first kappa shape index (κ1) is 13.4. The Balaban J connectivity index is 1.81. The van der Waals surface area contributed by atoms with E-state index in [0.717, 1.165) is 12.0 Å². The molecule has 0 bridgehead atoms. The number of rotatable bonds is 5. The Morgan fingerprint density at radius 1 is 1.00 bits per heavy atom. The van der Waals surface area contributed by atoms with E-state index in [1.54, 1.807) is 24.3 Å². The highest BCUT2D eigenvalue weighted by atomic mass is 19.1. The van der Waals surface area contributed by atoms with Crippen molar-refractivity contribution in [1.82, 2.24) is 5.32 Å². The summed E-state index contributed by atoms with van der Waals surface area (Å²) in [6.07, 6.45) is 0.778. The van der Waals surface area contributed by atoms with Gasteiger partial charge in [-0.2, -0.15) is 0 Å². The summed E-state index contributed by atoms with van der Waals surface area (Å²) in [4.78, 5) is 0. The topological polar surface area (TPSA) is 52.5 Å². The number of nitrogens with one attached hydrogen (secondary N) is 1. The van der Waals surface area contributed by atoms with Crippen molar-refractivity contribution in [1.29, 1.82) is 0 Å². The molecular formula is C15H16FNO2. The van der Waals surface area contributed by atoms with Crippen LogP contribution in [0.2, 0.25) is 0 Å². The highest BCUT2D eigenvalue weighted by Gasteiger charge is 2.04. The lowest BCUT2D eigenvalue weighted by Crippen LogP contribution is -2.16. The highest BCUT2D eigenvalue weighted by Crippen LogP contribution is 2.27. The third-order valence-corrected chi connectivity index (χ3v) is 2.92. The second-order valence-electron chi connectivity index (χ2n) is 4.34. The molecule has 2 aromatic rings. The Morgan fingerprint density at radius 2 is 1.74 bits per heavy atom. The highest BCUT2D eigenvalue weighted by molar-refractivity contribution is 5.44. The van der Waals surface area contributed by atoms with E-state index < -0.39 is 0 Å². The van der Waals surface area contributed by atoms with Crippen LogP contribution in [0.5, 0.6) is 11.5 Å². The van der Waals surface area contributed by atoms with E-state index >= 15 is 0 Å². The molecule has 0 aliphatic heterocycles. The molecule has 0 saturated heterocycles. The fourth-order valence-corrected chi connectivity index (χ4v) is 1.83. The summed E-state index contributed by atoms with van der Waals surface area (Å²) in [6.45, 7) is 1.18. The van der Waals surface area contributed by atoms with E-state index in [9.17, 15) is 14.6 Å². The first-order valence-electron chi connectivity index (χ1n) is 6.12. The number of hydrogen-bond acceptors (Lipinski definition) is 3. The van der Waals surface area contributed by atoms with Gasteiger partial charge in [-0.1, -0.05) is 24.3 Å². The molecule has 0 saturated carbocycles. The van der Waals surface area contributed by atoms with Crippen LogP contribution in [-0.4, -0.2) is 16.8 Å². The first-order chi connectivity index (χ1) is 9.16. The molecule has 0 aliphatic rings. The van der Waals surface area contributed by atoms with E-state index in [1.165, 1.54) is 18.2 Å². The monoisotopic (exact) mass is 261 g/mol. The van der Waals surface area contributed by atoms with Crippen molar-refractivity contribution >= 4 is 0 Å². The Kier molecular flexibility index (Phi) is 4.36. The maximum absolute atomic E-state index is 12.7. The van der Waals surface area contributed by atoms with Gasteiger partial charge in [0.1, 0.15) is 5.82 Å². The third kappa shape index (κ3) is 3.69. The molecule has 3 N–H and O–H groups in total. The van der Waals surface area contributed by atoms with Gasteiger partial charge in [-0.25, -0.2) is 4.39 Å². The van der Waals surface area contributed by atoms with Gasteiger partial charge in [0.05, 0.1) is 0 Å². The number of hydrogen-bond donors (Lipinski definition) is 3. The maximum atomic E-state index is 12.7. The van der Waals surface area contributed by atoms with Gasteiger partial charge in [0.2, 0.25) is 0 Å². The van der Waals surface area contributed by atoms with Gasteiger partial charge in [0.25, 0.3) is 0 Å². The van der Waals surface area contributed by atoms with Crippen molar-refractivity contribution in [2.24, 2.45) is 0 Å². The third-order valence-electron chi connectivity index (χ3n) is 2.92. The van der Waals surface area contributed by atoms with Crippen molar-refractivity contribution in [3.8, 4) is 11.5 Å².